The number of halogens is 2. The second kappa shape index (κ2) is 5.77. The molecule has 0 bridgehead atoms. The number of nitrogens with zero attached hydrogens (tertiary/aromatic N) is 1. The van der Waals surface area contributed by atoms with E-state index in [-0.39, 0.29) is 5.56 Å². The van der Waals surface area contributed by atoms with E-state index in [0.717, 1.165) is 18.2 Å². The molecule has 0 spiro atoms. The predicted molar refractivity (Wildman–Crippen MR) is 65.1 cm³/mol. The van der Waals surface area contributed by atoms with Gasteiger partial charge in [0, 0.05) is 11.6 Å². The second-order valence-corrected chi connectivity index (χ2v) is 5.73. The van der Waals surface area contributed by atoms with Gasteiger partial charge in [0.05, 0.1) is 16.4 Å². The van der Waals surface area contributed by atoms with E-state index in [1.54, 1.807) is 4.72 Å². The lowest BCUT2D eigenvalue weighted by atomic mass is 10.2. The first kappa shape index (κ1) is 16.4. The molecular formula is C10H12F2N2O5S. The van der Waals surface area contributed by atoms with Gasteiger partial charge in [-0.3, -0.25) is 10.1 Å². The van der Waals surface area contributed by atoms with Crippen LogP contribution in [0.25, 0.3) is 0 Å². The van der Waals surface area contributed by atoms with Crippen LogP contribution in [0.5, 0.6) is 0 Å². The average Bonchev–Trinajstić information content (AvgIpc) is 2.36. The Balaban J connectivity index is 3.11. The summed E-state index contributed by atoms with van der Waals surface area (Å²) < 4.78 is 50.9. The van der Waals surface area contributed by atoms with Crippen LogP contribution in [0.15, 0.2) is 23.1 Å². The summed E-state index contributed by atoms with van der Waals surface area (Å²) in [4.78, 5) is 9.48. The molecule has 0 aromatic heterocycles. The molecule has 20 heavy (non-hydrogen) atoms. The van der Waals surface area contributed by atoms with Gasteiger partial charge in [-0.25, -0.2) is 21.9 Å². The fourth-order valence-corrected chi connectivity index (χ4v) is 2.75. The number of hydrogen-bond donors (Lipinski definition) is 2. The Morgan fingerprint density at radius 2 is 2.05 bits per heavy atom. The molecular weight excluding hydrogens is 298 g/mol. The molecule has 1 rings (SSSR count). The summed E-state index contributed by atoms with van der Waals surface area (Å²) in [5.74, 6) is -3.61. The number of nitrogens with one attached hydrogen (secondary N) is 1. The molecule has 0 unspecified atom stereocenters. The van der Waals surface area contributed by atoms with Gasteiger partial charge in [0.25, 0.3) is 11.6 Å². The maximum absolute atomic E-state index is 12.8. The van der Waals surface area contributed by atoms with Gasteiger partial charge < -0.3 is 5.11 Å². The number of benzene rings is 1. The van der Waals surface area contributed by atoms with Crippen molar-refractivity contribution in [2.75, 3.05) is 13.2 Å². The normalized spacial score (nSPS) is 12.4. The van der Waals surface area contributed by atoms with Crippen LogP contribution < -0.4 is 4.72 Å². The van der Waals surface area contributed by atoms with Crippen LogP contribution in [0.1, 0.15) is 5.56 Å². The molecule has 0 radical (unpaired) electrons. The maximum atomic E-state index is 12.8. The first-order valence-electron chi connectivity index (χ1n) is 5.33. The number of aliphatic hydroxyl groups excluding tert-OH is 1. The predicted octanol–water partition coefficient (Wildman–Crippen LogP) is 0.809. The lowest BCUT2D eigenvalue weighted by molar-refractivity contribution is -0.385. The summed E-state index contributed by atoms with van der Waals surface area (Å²) in [7, 11) is -4.34. The molecule has 112 valence electrons. The van der Waals surface area contributed by atoms with Gasteiger partial charge in [-0.2, -0.15) is 0 Å². The van der Waals surface area contributed by atoms with Gasteiger partial charge in [-0.1, -0.05) is 6.07 Å². The molecule has 0 saturated carbocycles. The van der Waals surface area contributed by atoms with Crippen LogP contribution in [0, 0.1) is 17.0 Å². The van der Waals surface area contributed by atoms with Gasteiger partial charge in [-0.05, 0) is 13.0 Å². The van der Waals surface area contributed by atoms with E-state index in [4.69, 9.17) is 5.11 Å². The zero-order valence-electron chi connectivity index (χ0n) is 10.3. The summed E-state index contributed by atoms with van der Waals surface area (Å²) in [5, 5.41) is 19.1. The van der Waals surface area contributed by atoms with Gasteiger partial charge in [0.15, 0.2) is 0 Å². The fourth-order valence-electron chi connectivity index (χ4n) is 1.43. The fraction of sp³-hybridized carbons (Fsp3) is 0.400. The SMILES string of the molecule is Cc1c([N+](=O)[O-])cccc1S(=O)(=O)NCC(F)(F)CO. The van der Waals surface area contributed by atoms with E-state index in [1.807, 2.05) is 0 Å². The number of hydrogen-bond acceptors (Lipinski definition) is 5. The molecule has 1 aromatic rings. The van der Waals surface area contributed by atoms with E-state index in [2.05, 4.69) is 0 Å². The van der Waals surface area contributed by atoms with Crippen LogP contribution in [0.3, 0.4) is 0 Å². The summed E-state index contributed by atoms with van der Waals surface area (Å²) in [5.41, 5.74) is -0.584. The average molecular weight is 310 g/mol. The molecule has 1 aromatic carbocycles. The number of sulfonamides is 1. The summed E-state index contributed by atoms with van der Waals surface area (Å²) >= 11 is 0. The molecule has 0 saturated heterocycles. The first-order valence-corrected chi connectivity index (χ1v) is 6.81. The maximum Gasteiger partial charge on any atom is 0.283 e. The Labute approximate surface area is 113 Å². The van der Waals surface area contributed by atoms with Gasteiger partial charge in [0.2, 0.25) is 10.0 Å². The highest BCUT2D eigenvalue weighted by molar-refractivity contribution is 7.89. The quantitative estimate of drug-likeness (QED) is 0.597. The highest BCUT2D eigenvalue weighted by Crippen LogP contribution is 2.24. The van der Waals surface area contributed by atoms with Crippen LogP contribution >= 0.6 is 0 Å². The van der Waals surface area contributed by atoms with Crippen molar-refractivity contribution in [2.24, 2.45) is 0 Å². The summed E-state index contributed by atoms with van der Waals surface area (Å²) in [6.07, 6.45) is 0. The number of aliphatic hydroxyl groups is 1. The largest absolute Gasteiger partial charge is 0.390 e. The Morgan fingerprint density at radius 3 is 2.55 bits per heavy atom. The van der Waals surface area contributed by atoms with Crippen LogP contribution in [0.2, 0.25) is 0 Å². The second-order valence-electron chi connectivity index (χ2n) is 4.00. The molecule has 0 fully saturated rings. The van der Waals surface area contributed by atoms with E-state index < -0.39 is 44.6 Å². The molecule has 7 nitrogen and oxygen atoms in total. The third kappa shape index (κ3) is 3.68. The smallest absolute Gasteiger partial charge is 0.283 e. The number of alkyl halides is 2. The van der Waals surface area contributed by atoms with Crippen LogP contribution in [0.4, 0.5) is 14.5 Å². The van der Waals surface area contributed by atoms with Crippen molar-refractivity contribution in [3.8, 4) is 0 Å². The molecule has 10 heteroatoms. The van der Waals surface area contributed by atoms with E-state index in [0.29, 0.717) is 0 Å². The van der Waals surface area contributed by atoms with Crippen molar-refractivity contribution >= 4 is 15.7 Å². The minimum Gasteiger partial charge on any atom is -0.390 e. The zero-order chi connectivity index (χ0) is 15.6. The highest BCUT2D eigenvalue weighted by atomic mass is 32.2. The molecule has 0 aliphatic heterocycles. The van der Waals surface area contributed by atoms with Crippen molar-refractivity contribution < 1.29 is 27.2 Å². The van der Waals surface area contributed by atoms with E-state index in [9.17, 15) is 27.3 Å². The Morgan fingerprint density at radius 1 is 1.45 bits per heavy atom. The third-order valence-electron chi connectivity index (χ3n) is 2.49. The molecule has 0 aliphatic rings. The molecule has 0 aliphatic carbocycles. The van der Waals surface area contributed by atoms with E-state index in [1.165, 1.54) is 6.92 Å². The van der Waals surface area contributed by atoms with Gasteiger partial charge in [-0.15, -0.1) is 0 Å². The van der Waals surface area contributed by atoms with Crippen molar-refractivity contribution in [3.05, 3.63) is 33.9 Å². The lowest BCUT2D eigenvalue weighted by Crippen LogP contribution is -2.39. The Bertz CT molecular complexity index is 618. The molecule has 0 atom stereocenters. The standard InChI is InChI=1S/C10H12F2N2O5S/c1-7-8(14(16)17)3-2-4-9(7)20(18,19)13-5-10(11,12)6-15/h2-4,13,15H,5-6H2,1H3. The Kier molecular flexibility index (Phi) is 4.73. The van der Waals surface area contributed by atoms with Crippen molar-refractivity contribution in [1.82, 2.24) is 4.72 Å². The van der Waals surface area contributed by atoms with Gasteiger partial charge in [0.1, 0.15) is 6.61 Å². The van der Waals surface area contributed by atoms with Crippen molar-refractivity contribution in [1.29, 1.82) is 0 Å². The third-order valence-corrected chi connectivity index (χ3v) is 4.04. The number of rotatable bonds is 6. The highest BCUT2D eigenvalue weighted by Gasteiger charge is 2.31. The number of nitro groups is 1. The van der Waals surface area contributed by atoms with E-state index >= 15 is 0 Å². The Hall–Kier alpha value is -1.65. The molecule has 0 amide bonds. The van der Waals surface area contributed by atoms with Gasteiger partial charge >= 0.3 is 0 Å². The minimum atomic E-state index is -4.34. The molecule has 0 heterocycles. The zero-order valence-corrected chi connectivity index (χ0v) is 11.2. The van der Waals surface area contributed by atoms with Crippen LogP contribution in [-0.4, -0.2) is 37.5 Å². The number of nitro benzene ring substituents is 1. The topological polar surface area (TPSA) is 110 Å². The summed E-state index contributed by atoms with van der Waals surface area (Å²) in [6.45, 7) is -1.60. The van der Waals surface area contributed by atoms with Crippen LogP contribution in [-0.2, 0) is 10.0 Å². The molecule has 2 N–H and O–H groups in total. The monoisotopic (exact) mass is 310 g/mol. The van der Waals surface area contributed by atoms with Crippen molar-refractivity contribution in [2.45, 2.75) is 17.7 Å². The van der Waals surface area contributed by atoms with Crippen molar-refractivity contribution in [3.63, 3.8) is 0 Å². The first-order chi connectivity index (χ1) is 9.10. The lowest BCUT2D eigenvalue weighted by Gasteiger charge is -2.15. The summed E-state index contributed by atoms with van der Waals surface area (Å²) in [6, 6.07) is 3.32. The minimum absolute atomic E-state index is 0.155.